The Bertz CT molecular complexity index is 472. The van der Waals surface area contributed by atoms with Crippen LogP contribution in [0.2, 0.25) is 0 Å². The predicted octanol–water partition coefficient (Wildman–Crippen LogP) is 2.76. The number of hydrogen-bond donors (Lipinski definition) is 1. The number of hydrogen-bond acceptors (Lipinski definition) is 4. The Labute approximate surface area is 112 Å². The van der Waals surface area contributed by atoms with Gasteiger partial charge >= 0.3 is 5.97 Å². The quantitative estimate of drug-likeness (QED) is 0.636. The summed E-state index contributed by atoms with van der Waals surface area (Å²) in [5.41, 5.74) is 1.12. The van der Waals surface area contributed by atoms with Gasteiger partial charge in [0.05, 0.1) is 13.7 Å². The Hall–Kier alpha value is -2.04. The second-order valence-corrected chi connectivity index (χ2v) is 3.84. The normalized spacial score (nSPS) is 11.1. The van der Waals surface area contributed by atoms with E-state index < -0.39 is 5.82 Å². The number of anilines is 1. The zero-order chi connectivity index (χ0) is 14.3. The lowest BCUT2D eigenvalue weighted by Gasteiger charge is -2.08. The van der Waals surface area contributed by atoms with E-state index in [9.17, 15) is 9.18 Å². The molecule has 0 heterocycles. The Morgan fingerprint density at radius 3 is 2.79 bits per heavy atom. The lowest BCUT2D eigenvalue weighted by Crippen LogP contribution is -2.05. The number of esters is 1. The van der Waals surface area contributed by atoms with Crippen LogP contribution in [0.15, 0.2) is 29.8 Å². The van der Waals surface area contributed by atoms with E-state index in [2.05, 4.69) is 10.1 Å². The first kappa shape index (κ1) is 15.0. The third-order valence-electron chi connectivity index (χ3n) is 2.45. The Morgan fingerprint density at radius 1 is 1.47 bits per heavy atom. The van der Waals surface area contributed by atoms with Gasteiger partial charge in [0.25, 0.3) is 0 Å². The van der Waals surface area contributed by atoms with Gasteiger partial charge in [-0.1, -0.05) is 6.08 Å². The lowest BCUT2D eigenvalue weighted by atomic mass is 10.2. The molecule has 5 heteroatoms. The maximum Gasteiger partial charge on any atom is 0.333 e. The lowest BCUT2D eigenvalue weighted by molar-refractivity contribution is -0.136. The maximum absolute atomic E-state index is 13.6. The van der Waals surface area contributed by atoms with Crippen molar-refractivity contribution in [1.29, 1.82) is 0 Å². The standard InChI is InChI=1S/C14H18FNO3/c1-4-19-13-6-5-11(9-12(13)15)16-8-7-10(2)14(17)18-3/h5-7,9,16H,4,8H2,1-3H3/b10-7-. The molecule has 4 nitrogen and oxygen atoms in total. The van der Waals surface area contributed by atoms with Crippen molar-refractivity contribution in [2.45, 2.75) is 13.8 Å². The first-order chi connectivity index (χ1) is 9.08. The summed E-state index contributed by atoms with van der Waals surface area (Å²) in [6, 6.07) is 4.64. The number of rotatable bonds is 6. The van der Waals surface area contributed by atoms with Gasteiger partial charge in [-0.15, -0.1) is 0 Å². The number of benzene rings is 1. The topological polar surface area (TPSA) is 47.6 Å². The van der Waals surface area contributed by atoms with Crippen LogP contribution in [0.3, 0.4) is 0 Å². The smallest absolute Gasteiger partial charge is 0.333 e. The zero-order valence-electron chi connectivity index (χ0n) is 11.3. The van der Waals surface area contributed by atoms with Crippen molar-refractivity contribution < 1.29 is 18.7 Å². The molecule has 1 aromatic rings. The van der Waals surface area contributed by atoms with Gasteiger partial charge in [0.15, 0.2) is 11.6 Å². The zero-order valence-corrected chi connectivity index (χ0v) is 11.3. The third-order valence-corrected chi connectivity index (χ3v) is 2.45. The molecule has 0 aliphatic carbocycles. The summed E-state index contributed by atoms with van der Waals surface area (Å²) in [4.78, 5) is 11.1. The first-order valence-electron chi connectivity index (χ1n) is 5.99. The van der Waals surface area contributed by atoms with E-state index in [0.29, 0.717) is 24.4 Å². The van der Waals surface area contributed by atoms with Crippen molar-refractivity contribution >= 4 is 11.7 Å². The van der Waals surface area contributed by atoms with Gasteiger partial charge in [-0.05, 0) is 26.0 Å². The van der Waals surface area contributed by atoms with Crippen molar-refractivity contribution in [3.63, 3.8) is 0 Å². The van der Waals surface area contributed by atoms with Gasteiger partial charge in [-0.25, -0.2) is 9.18 Å². The van der Waals surface area contributed by atoms with Crippen LogP contribution in [-0.2, 0) is 9.53 Å². The molecular formula is C14H18FNO3. The van der Waals surface area contributed by atoms with Crippen LogP contribution in [-0.4, -0.2) is 26.2 Å². The predicted molar refractivity (Wildman–Crippen MR) is 71.8 cm³/mol. The number of halogens is 1. The van der Waals surface area contributed by atoms with E-state index in [1.807, 2.05) is 0 Å². The van der Waals surface area contributed by atoms with Crippen LogP contribution in [0.4, 0.5) is 10.1 Å². The average Bonchev–Trinajstić information content (AvgIpc) is 2.40. The highest BCUT2D eigenvalue weighted by Crippen LogP contribution is 2.20. The highest BCUT2D eigenvalue weighted by atomic mass is 19.1. The number of carbonyl (C=O) groups excluding carboxylic acids is 1. The second-order valence-electron chi connectivity index (χ2n) is 3.84. The van der Waals surface area contributed by atoms with E-state index in [1.54, 1.807) is 32.1 Å². The molecule has 0 aromatic heterocycles. The minimum absolute atomic E-state index is 0.231. The monoisotopic (exact) mass is 267 g/mol. The maximum atomic E-state index is 13.6. The Kier molecular flexibility index (Phi) is 5.85. The molecule has 0 unspecified atom stereocenters. The van der Waals surface area contributed by atoms with Gasteiger partial charge in [0.1, 0.15) is 0 Å². The number of methoxy groups -OCH3 is 1. The van der Waals surface area contributed by atoms with Crippen molar-refractivity contribution in [2.75, 3.05) is 25.6 Å². The molecule has 1 N–H and O–H groups in total. The summed E-state index contributed by atoms with van der Waals surface area (Å²) in [5, 5.41) is 2.98. The second kappa shape index (κ2) is 7.41. The molecule has 0 saturated carbocycles. The van der Waals surface area contributed by atoms with E-state index in [4.69, 9.17) is 4.74 Å². The Morgan fingerprint density at radius 2 is 2.21 bits per heavy atom. The fourth-order valence-electron chi connectivity index (χ4n) is 1.45. The highest BCUT2D eigenvalue weighted by molar-refractivity contribution is 5.87. The van der Waals surface area contributed by atoms with Crippen molar-refractivity contribution in [3.05, 3.63) is 35.7 Å². The van der Waals surface area contributed by atoms with Crippen LogP contribution < -0.4 is 10.1 Å². The van der Waals surface area contributed by atoms with Crippen molar-refractivity contribution in [1.82, 2.24) is 0 Å². The summed E-state index contributed by atoms with van der Waals surface area (Å²) in [6.45, 7) is 4.29. The molecular weight excluding hydrogens is 249 g/mol. The van der Waals surface area contributed by atoms with Gasteiger partial charge < -0.3 is 14.8 Å². The molecule has 0 bridgehead atoms. The van der Waals surface area contributed by atoms with Crippen molar-refractivity contribution in [3.8, 4) is 5.75 Å². The molecule has 104 valence electrons. The van der Waals surface area contributed by atoms with Gasteiger partial charge in [0.2, 0.25) is 0 Å². The van der Waals surface area contributed by atoms with Crippen LogP contribution in [0.25, 0.3) is 0 Å². The molecule has 0 spiro atoms. The fraction of sp³-hybridized carbons (Fsp3) is 0.357. The highest BCUT2D eigenvalue weighted by Gasteiger charge is 2.04. The van der Waals surface area contributed by atoms with Gasteiger partial charge in [-0.3, -0.25) is 0 Å². The number of nitrogens with one attached hydrogen (secondary N) is 1. The molecule has 0 amide bonds. The number of carbonyl (C=O) groups is 1. The molecule has 0 fully saturated rings. The van der Waals surface area contributed by atoms with E-state index in [-0.39, 0.29) is 11.7 Å². The van der Waals surface area contributed by atoms with Gasteiger partial charge in [-0.2, -0.15) is 0 Å². The summed E-state index contributed by atoms with van der Waals surface area (Å²) in [7, 11) is 1.33. The molecule has 0 aliphatic heterocycles. The first-order valence-corrected chi connectivity index (χ1v) is 5.99. The minimum atomic E-state index is -0.416. The number of ether oxygens (including phenoxy) is 2. The SMILES string of the molecule is CCOc1ccc(NC/C=C(/C)C(=O)OC)cc1F. The van der Waals surface area contributed by atoms with Crippen LogP contribution >= 0.6 is 0 Å². The third kappa shape index (κ3) is 4.62. The van der Waals surface area contributed by atoms with E-state index in [0.717, 1.165) is 0 Å². The van der Waals surface area contributed by atoms with E-state index in [1.165, 1.54) is 13.2 Å². The largest absolute Gasteiger partial charge is 0.491 e. The molecule has 0 saturated heterocycles. The molecule has 0 radical (unpaired) electrons. The average molecular weight is 267 g/mol. The fourth-order valence-corrected chi connectivity index (χ4v) is 1.45. The molecule has 1 aromatic carbocycles. The van der Waals surface area contributed by atoms with Crippen LogP contribution in [0.5, 0.6) is 5.75 Å². The summed E-state index contributed by atoms with van der Waals surface area (Å²) < 4.78 is 23.2. The minimum Gasteiger partial charge on any atom is -0.491 e. The molecule has 0 atom stereocenters. The Balaban J connectivity index is 2.59. The van der Waals surface area contributed by atoms with Crippen LogP contribution in [0, 0.1) is 5.82 Å². The van der Waals surface area contributed by atoms with Gasteiger partial charge in [0, 0.05) is 23.9 Å². The molecule has 1 rings (SSSR count). The molecule has 0 aliphatic rings. The summed E-state index contributed by atoms with van der Waals surface area (Å²) in [5.74, 6) is -0.561. The van der Waals surface area contributed by atoms with E-state index >= 15 is 0 Å². The van der Waals surface area contributed by atoms with Crippen LogP contribution in [0.1, 0.15) is 13.8 Å². The van der Waals surface area contributed by atoms with Crippen molar-refractivity contribution in [2.24, 2.45) is 0 Å². The summed E-state index contributed by atoms with van der Waals surface area (Å²) in [6.07, 6.45) is 1.68. The summed E-state index contributed by atoms with van der Waals surface area (Å²) >= 11 is 0. The molecule has 19 heavy (non-hydrogen) atoms.